The van der Waals surface area contributed by atoms with E-state index in [1.54, 1.807) is 12.1 Å². The van der Waals surface area contributed by atoms with Gasteiger partial charge in [-0.05, 0) is 37.3 Å². The molecule has 5 heteroatoms. The second kappa shape index (κ2) is 12.6. The fourth-order valence-corrected chi connectivity index (χ4v) is 2.55. The van der Waals surface area contributed by atoms with Crippen molar-refractivity contribution >= 4 is 6.16 Å². The maximum atomic E-state index is 10.5. The van der Waals surface area contributed by atoms with Gasteiger partial charge in [-0.1, -0.05) is 51.2 Å². The Hall–Kier alpha value is -1.75. The number of aromatic hydroxyl groups is 1. The van der Waals surface area contributed by atoms with Crippen molar-refractivity contribution in [2.75, 3.05) is 13.2 Å². The Labute approximate surface area is 144 Å². The molecule has 0 heterocycles. The number of hydrogen-bond donors (Lipinski definition) is 2. The summed E-state index contributed by atoms with van der Waals surface area (Å²) in [7, 11) is 0. The molecule has 0 aliphatic carbocycles. The molecule has 0 aromatic heterocycles. The van der Waals surface area contributed by atoms with E-state index in [0.717, 1.165) is 38.9 Å². The normalized spacial score (nSPS) is 10.7. The van der Waals surface area contributed by atoms with E-state index in [9.17, 15) is 9.90 Å². The van der Waals surface area contributed by atoms with Crippen LogP contribution in [0.15, 0.2) is 18.2 Å². The molecule has 0 spiro atoms. The van der Waals surface area contributed by atoms with Crippen LogP contribution in [-0.4, -0.2) is 29.6 Å². The van der Waals surface area contributed by atoms with E-state index >= 15 is 0 Å². The number of phenolic OH excluding ortho intramolecular Hbond substituents is 1. The smallest absolute Gasteiger partial charge is 0.504 e. The molecule has 0 atom stereocenters. The van der Waals surface area contributed by atoms with Crippen molar-refractivity contribution in [1.82, 2.24) is 0 Å². The van der Waals surface area contributed by atoms with Crippen LogP contribution >= 0.6 is 0 Å². The molecule has 0 aliphatic rings. The number of rotatable bonds is 13. The fourth-order valence-electron chi connectivity index (χ4n) is 2.55. The summed E-state index contributed by atoms with van der Waals surface area (Å²) < 4.78 is 10.2. The van der Waals surface area contributed by atoms with Crippen LogP contribution in [0.1, 0.15) is 63.9 Å². The molecule has 24 heavy (non-hydrogen) atoms. The highest BCUT2D eigenvalue weighted by Gasteiger charge is 2.10. The number of aryl methyl sites for hydroxylation is 1. The number of hydrogen-bond acceptors (Lipinski definition) is 4. The van der Waals surface area contributed by atoms with Crippen molar-refractivity contribution in [3.05, 3.63) is 23.8 Å². The molecule has 1 aromatic rings. The molecule has 0 saturated carbocycles. The van der Waals surface area contributed by atoms with Crippen LogP contribution in [0.3, 0.4) is 0 Å². The van der Waals surface area contributed by atoms with E-state index in [1.807, 2.05) is 0 Å². The minimum Gasteiger partial charge on any atom is -0.504 e. The number of unbranched alkanes of at least 4 members (excludes halogenated alkanes) is 6. The van der Waals surface area contributed by atoms with E-state index in [0.29, 0.717) is 12.0 Å². The third-order valence-electron chi connectivity index (χ3n) is 3.91. The van der Waals surface area contributed by atoms with Gasteiger partial charge in [-0.15, -0.1) is 0 Å². The average Bonchev–Trinajstić information content (AvgIpc) is 2.55. The van der Waals surface area contributed by atoms with Crippen LogP contribution in [0.5, 0.6) is 11.5 Å². The molecule has 1 aromatic carbocycles. The highest BCUT2D eigenvalue weighted by molar-refractivity contribution is 5.63. The standard InChI is InChI=1S/C19H30O5/c1-2-3-4-5-8-14-23-15-9-6-7-11-16-12-10-13-17(18(16)20)24-19(21)22/h10,12-13,20H,2-9,11,14-15H2,1H3,(H,21,22). The van der Waals surface area contributed by atoms with Crippen LogP contribution < -0.4 is 4.74 Å². The van der Waals surface area contributed by atoms with Crippen LogP contribution in [0.4, 0.5) is 4.79 Å². The van der Waals surface area contributed by atoms with Crippen LogP contribution in [-0.2, 0) is 11.2 Å². The average molecular weight is 338 g/mol. The third-order valence-corrected chi connectivity index (χ3v) is 3.91. The lowest BCUT2D eigenvalue weighted by Crippen LogP contribution is -2.03. The van der Waals surface area contributed by atoms with Gasteiger partial charge in [-0.2, -0.15) is 0 Å². The van der Waals surface area contributed by atoms with E-state index in [1.165, 1.54) is 31.7 Å². The minimum absolute atomic E-state index is 0.00796. The summed E-state index contributed by atoms with van der Waals surface area (Å²) >= 11 is 0. The Morgan fingerprint density at radius 1 is 1.00 bits per heavy atom. The van der Waals surface area contributed by atoms with Gasteiger partial charge in [-0.3, -0.25) is 0 Å². The Bertz CT molecular complexity index is 473. The molecule has 136 valence electrons. The number of carbonyl (C=O) groups is 1. The number of carboxylic acid groups (broad SMARTS) is 1. The first-order valence-electron chi connectivity index (χ1n) is 8.94. The van der Waals surface area contributed by atoms with Crippen molar-refractivity contribution in [2.45, 2.75) is 64.7 Å². The summed E-state index contributed by atoms with van der Waals surface area (Å²) in [6.45, 7) is 3.84. The van der Waals surface area contributed by atoms with Gasteiger partial charge < -0.3 is 19.7 Å². The maximum absolute atomic E-state index is 10.5. The highest BCUT2D eigenvalue weighted by atomic mass is 16.7. The molecule has 0 radical (unpaired) electrons. The van der Waals surface area contributed by atoms with Crippen molar-refractivity contribution in [3.8, 4) is 11.5 Å². The zero-order chi connectivity index (χ0) is 17.6. The van der Waals surface area contributed by atoms with Crippen molar-refractivity contribution < 1.29 is 24.5 Å². The topological polar surface area (TPSA) is 76.0 Å². The molecular formula is C19H30O5. The van der Waals surface area contributed by atoms with E-state index in [2.05, 4.69) is 11.7 Å². The van der Waals surface area contributed by atoms with Gasteiger partial charge in [0.1, 0.15) is 0 Å². The maximum Gasteiger partial charge on any atom is 0.511 e. The molecular weight excluding hydrogens is 308 g/mol. The van der Waals surface area contributed by atoms with Gasteiger partial charge >= 0.3 is 6.16 Å². The Morgan fingerprint density at radius 2 is 1.67 bits per heavy atom. The zero-order valence-corrected chi connectivity index (χ0v) is 14.6. The summed E-state index contributed by atoms with van der Waals surface area (Å²) in [5, 5.41) is 18.6. The van der Waals surface area contributed by atoms with Crippen LogP contribution in [0.25, 0.3) is 0 Å². The Morgan fingerprint density at radius 3 is 2.33 bits per heavy atom. The number of phenols is 1. The second-order valence-electron chi connectivity index (χ2n) is 5.97. The third kappa shape index (κ3) is 8.77. The fraction of sp³-hybridized carbons (Fsp3) is 0.632. The first-order chi connectivity index (χ1) is 11.6. The van der Waals surface area contributed by atoms with Crippen LogP contribution in [0.2, 0.25) is 0 Å². The lowest BCUT2D eigenvalue weighted by molar-refractivity contribution is 0.126. The molecule has 1 rings (SSSR count). The summed E-state index contributed by atoms with van der Waals surface area (Å²) in [6, 6.07) is 4.92. The first kappa shape index (κ1) is 20.3. The van der Waals surface area contributed by atoms with E-state index < -0.39 is 6.16 Å². The lowest BCUT2D eigenvalue weighted by atomic mass is 10.1. The molecule has 0 amide bonds. The zero-order valence-electron chi connectivity index (χ0n) is 14.6. The van der Waals surface area contributed by atoms with E-state index in [4.69, 9.17) is 9.84 Å². The van der Waals surface area contributed by atoms with Gasteiger partial charge in [0.2, 0.25) is 0 Å². The van der Waals surface area contributed by atoms with Crippen molar-refractivity contribution in [1.29, 1.82) is 0 Å². The predicted octanol–water partition coefficient (Wildman–Crippen LogP) is 5.15. The van der Waals surface area contributed by atoms with Gasteiger partial charge in [-0.25, -0.2) is 4.79 Å². The molecule has 0 unspecified atom stereocenters. The second-order valence-corrected chi connectivity index (χ2v) is 5.97. The summed E-state index contributed by atoms with van der Waals surface area (Å²) in [4.78, 5) is 10.5. The minimum atomic E-state index is -1.42. The monoisotopic (exact) mass is 338 g/mol. The Kier molecular flexibility index (Phi) is 10.7. The van der Waals surface area contributed by atoms with Gasteiger partial charge in [0.15, 0.2) is 11.5 Å². The molecule has 0 saturated heterocycles. The van der Waals surface area contributed by atoms with Crippen LogP contribution in [0, 0.1) is 0 Å². The highest BCUT2D eigenvalue weighted by Crippen LogP contribution is 2.30. The summed E-state index contributed by atoms with van der Waals surface area (Å²) in [5.74, 6) is -0.0883. The SMILES string of the molecule is CCCCCCCOCCCCCc1cccc(OC(=O)O)c1O. The summed E-state index contributed by atoms with van der Waals surface area (Å²) in [6.07, 6.45) is 8.48. The lowest BCUT2D eigenvalue weighted by Gasteiger charge is -2.08. The summed E-state index contributed by atoms with van der Waals surface area (Å²) in [5.41, 5.74) is 0.714. The molecule has 0 bridgehead atoms. The number of ether oxygens (including phenoxy) is 2. The Balaban J connectivity index is 2.10. The molecule has 2 N–H and O–H groups in total. The number of benzene rings is 1. The molecule has 5 nitrogen and oxygen atoms in total. The molecule has 0 aliphatic heterocycles. The quantitative estimate of drug-likeness (QED) is 0.295. The van der Waals surface area contributed by atoms with Crippen molar-refractivity contribution in [2.24, 2.45) is 0 Å². The van der Waals surface area contributed by atoms with Gasteiger partial charge in [0, 0.05) is 13.2 Å². The number of para-hydroxylation sites is 1. The first-order valence-corrected chi connectivity index (χ1v) is 8.94. The van der Waals surface area contributed by atoms with Gasteiger partial charge in [0.05, 0.1) is 0 Å². The molecule has 0 fully saturated rings. The predicted molar refractivity (Wildman–Crippen MR) is 93.9 cm³/mol. The van der Waals surface area contributed by atoms with E-state index in [-0.39, 0.29) is 11.5 Å². The largest absolute Gasteiger partial charge is 0.511 e. The van der Waals surface area contributed by atoms with Gasteiger partial charge in [0.25, 0.3) is 0 Å². The van der Waals surface area contributed by atoms with Crippen molar-refractivity contribution in [3.63, 3.8) is 0 Å².